The fourth-order valence-electron chi connectivity index (χ4n) is 2.77. The highest BCUT2D eigenvalue weighted by Crippen LogP contribution is 2.38. The molecular formula is C17H21ClN2S. The summed E-state index contributed by atoms with van der Waals surface area (Å²) in [6.45, 7) is 4.52. The first kappa shape index (κ1) is 15.0. The Labute approximate surface area is 135 Å². The van der Waals surface area contributed by atoms with Crippen molar-refractivity contribution in [1.29, 1.82) is 0 Å². The molecule has 0 bridgehead atoms. The van der Waals surface area contributed by atoms with Crippen LogP contribution >= 0.6 is 22.9 Å². The number of hydrogen-bond acceptors (Lipinski definition) is 3. The van der Waals surface area contributed by atoms with Crippen molar-refractivity contribution in [2.75, 3.05) is 13.6 Å². The van der Waals surface area contributed by atoms with Crippen molar-refractivity contribution in [3.63, 3.8) is 0 Å². The van der Waals surface area contributed by atoms with Gasteiger partial charge in [-0.05, 0) is 30.9 Å². The fourth-order valence-corrected chi connectivity index (χ4v) is 3.88. The lowest BCUT2D eigenvalue weighted by Crippen LogP contribution is -2.21. The first-order valence-corrected chi connectivity index (χ1v) is 8.86. The van der Waals surface area contributed by atoms with Crippen LogP contribution in [0.2, 0.25) is 0 Å². The average molecular weight is 321 g/mol. The van der Waals surface area contributed by atoms with E-state index in [0.717, 1.165) is 29.1 Å². The number of benzene rings is 1. The zero-order chi connectivity index (χ0) is 14.8. The second-order valence-electron chi connectivity index (χ2n) is 6.10. The Bertz CT molecular complexity index is 610. The van der Waals surface area contributed by atoms with E-state index in [0.29, 0.717) is 5.88 Å². The van der Waals surface area contributed by atoms with Gasteiger partial charge in [0.2, 0.25) is 0 Å². The van der Waals surface area contributed by atoms with Crippen LogP contribution in [-0.2, 0) is 12.4 Å². The lowest BCUT2D eigenvalue weighted by atomic mass is 10.1. The molecule has 1 fully saturated rings. The van der Waals surface area contributed by atoms with E-state index in [9.17, 15) is 0 Å². The molecule has 1 aromatic heterocycles. The maximum atomic E-state index is 5.87. The topological polar surface area (TPSA) is 16.1 Å². The first-order chi connectivity index (χ1) is 10.2. The number of alkyl halides is 1. The molecule has 2 atom stereocenters. The zero-order valence-corrected chi connectivity index (χ0v) is 14.1. The van der Waals surface area contributed by atoms with E-state index >= 15 is 0 Å². The van der Waals surface area contributed by atoms with Crippen molar-refractivity contribution < 1.29 is 0 Å². The van der Waals surface area contributed by atoms with E-state index < -0.39 is 0 Å². The summed E-state index contributed by atoms with van der Waals surface area (Å²) in [5, 5.41) is 3.13. The van der Waals surface area contributed by atoms with Gasteiger partial charge in [-0.15, -0.1) is 22.9 Å². The molecule has 21 heavy (non-hydrogen) atoms. The molecule has 4 heteroatoms. The van der Waals surface area contributed by atoms with Gasteiger partial charge in [-0.25, -0.2) is 4.98 Å². The average Bonchev–Trinajstić information content (AvgIpc) is 2.99. The molecule has 0 radical (unpaired) electrons. The third-order valence-corrected chi connectivity index (χ3v) is 5.40. The predicted molar refractivity (Wildman–Crippen MR) is 90.7 cm³/mol. The van der Waals surface area contributed by atoms with Crippen LogP contribution in [0, 0.1) is 11.8 Å². The van der Waals surface area contributed by atoms with Gasteiger partial charge in [-0.1, -0.05) is 31.2 Å². The SMILES string of the molecule is CC1CC1CN(C)Cc1ccccc1-c1nc(CCl)cs1. The quantitative estimate of drug-likeness (QED) is 0.721. The number of thiazole rings is 1. The highest BCUT2D eigenvalue weighted by Gasteiger charge is 2.33. The van der Waals surface area contributed by atoms with E-state index in [4.69, 9.17) is 11.6 Å². The van der Waals surface area contributed by atoms with Crippen molar-refractivity contribution in [2.24, 2.45) is 11.8 Å². The Kier molecular flexibility index (Phi) is 4.63. The van der Waals surface area contributed by atoms with Crippen LogP contribution in [0.25, 0.3) is 10.6 Å². The summed E-state index contributed by atoms with van der Waals surface area (Å²) in [6.07, 6.45) is 1.39. The Morgan fingerprint density at radius 3 is 2.81 bits per heavy atom. The molecule has 0 saturated heterocycles. The minimum absolute atomic E-state index is 0.484. The Morgan fingerprint density at radius 2 is 2.14 bits per heavy atom. The summed E-state index contributed by atoms with van der Waals surface area (Å²) in [5.41, 5.74) is 3.56. The monoisotopic (exact) mass is 320 g/mol. The molecule has 1 aliphatic carbocycles. The molecule has 0 N–H and O–H groups in total. The second-order valence-corrected chi connectivity index (χ2v) is 7.23. The van der Waals surface area contributed by atoms with Crippen LogP contribution in [0.4, 0.5) is 0 Å². The molecule has 1 saturated carbocycles. The van der Waals surface area contributed by atoms with Crippen molar-refractivity contribution in [2.45, 2.75) is 25.8 Å². The molecule has 2 nitrogen and oxygen atoms in total. The summed E-state index contributed by atoms with van der Waals surface area (Å²) in [4.78, 5) is 7.05. The van der Waals surface area contributed by atoms with Gasteiger partial charge < -0.3 is 4.90 Å². The molecule has 1 heterocycles. The van der Waals surface area contributed by atoms with E-state index in [-0.39, 0.29) is 0 Å². The standard InChI is InChI=1S/C17H21ClN2S/c1-12-7-14(12)10-20(2)9-13-5-3-4-6-16(13)17-19-15(8-18)11-21-17/h3-6,11-12,14H,7-10H2,1-2H3. The van der Waals surface area contributed by atoms with E-state index in [1.54, 1.807) is 11.3 Å². The van der Waals surface area contributed by atoms with E-state index in [1.807, 2.05) is 0 Å². The Balaban J connectivity index is 1.75. The Morgan fingerprint density at radius 1 is 1.38 bits per heavy atom. The maximum absolute atomic E-state index is 5.87. The van der Waals surface area contributed by atoms with Gasteiger partial charge in [0, 0.05) is 24.0 Å². The normalized spacial score (nSPS) is 21.0. The molecule has 1 aromatic carbocycles. The molecule has 0 amide bonds. The van der Waals surface area contributed by atoms with Crippen molar-refractivity contribution >= 4 is 22.9 Å². The minimum atomic E-state index is 0.484. The van der Waals surface area contributed by atoms with Crippen LogP contribution in [0.3, 0.4) is 0 Å². The van der Waals surface area contributed by atoms with Gasteiger partial charge in [0.15, 0.2) is 0 Å². The van der Waals surface area contributed by atoms with Crippen LogP contribution in [-0.4, -0.2) is 23.5 Å². The lowest BCUT2D eigenvalue weighted by Gasteiger charge is -2.18. The second kappa shape index (κ2) is 6.47. The maximum Gasteiger partial charge on any atom is 0.123 e. The van der Waals surface area contributed by atoms with Gasteiger partial charge in [0.25, 0.3) is 0 Å². The van der Waals surface area contributed by atoms with Gasteiger partial charge in [0.1, 0.15) is 5.01 Å². The lowest BCUT2D eigenvalue weighted by molar-refractivity contribution is 0.308. The van der Waals surface area contributed by atoms with E-state index in [2.05, 4.69) is 53.5 Å². The fraction of sp³-hybridized carbons (Fsp3) is 0.471. The summed E-state index contributed by atoms with van der Waals surface area (Å²) in [6, 6.07) is 8.58. The van der Waals surface area contributed by atoms with Crippen molar-refractivity contribution in [3.8, 4) is 10.6 Å². The van der Waals surface area contributed by atoms with Crippen LogP contribution < -0.4 is 0 Å². The molecular weight excluding hydrogens is 300 g/mol. The first-order valence-electron chi connectivity index (χ1n) is 7.44. The minimum Gasteiger partial charge on any atom is -0.302 e. The molecule has 0 aliphatic heterocycles. The summed E-state index contributed by atoms with van der Waals surface area (Å²) < 4.78 is 0. The third-order valence-electron chi connectivity index (χ3n) is 4.20. The number of halogens is 1. The Hall–Kier alpha value is -0.900. The van der Waals surface area contributed by atoms with Crippen molar-refractivity contribution in [1.82, 2.24) is 9.88 Å². The van der Waals surface area contributed by atoms with E-state index in [1.165, 1.54) is 24.1 Å². The third kappa shape index (κ3) is 3.65. The number of hydrogen-bond donors (Lipinski definition) is 0. The number of nitrogens with zero attached hydrogens (tertiary/aromatic N) is 2. The van der Waals surface area contributed by atoms with Crippen LogP contribution in [0.15, 0.2) is 29.6 Å². The number of aromatic nitrogens is 1. The predicted octanol–water partition coefficient (Wildman–Crippen LogP) is 4.64. The molecule has 2 unspecified atom stereocenters. The summed E-state index contributed by atoms with van der Waals surface area (Å²) in [5.74, 6) is 2.29. The molecule has 2 aromatic rings. The van der Waals surface area contributed by atoms with Gasteiger partial charge in [0.05, 0.1) is 11.6 Å². The van der Waals surface area contributed by atoms with Gasteiger partial charge >= 0.3 is 0 Å². The molecule has 3 rings (SSSR count). The van der Waals surface area contributed by atoms with Gasteiger partial charge in [-0.3, -0.25) is 0 Å². The van der Waals surface area contributed by atoms with Crippen LogP contribution in [0.5, 0.6) is 0 Å². The molecule has 0 spiro atoms. The van der Waals surface area contributed by atoms with Crippen molar-refractivity contribution in [3.05, 3.63) is 40.9 Å². The summed E-state index contributed by atoms with van der Waals surface area (Å²) >= 11 is 7.55. The highest BCUT2D eigenvalue weighted by molar-refractivity contribution is 7.13. The zero-order valence-electron chi connectivity index (χ0n) is 12.6. The summed E-state index contributed by atoms with van der Waals surface area (Å²) in [7, 11) is 2.22. The molecule has 112 valence electrons. The highest BCUT2D eigenvalue weighted by atomic mass is 35.5. The largest absolute Gasteiger partial charge is 0.302 e. The van der Waals surface area contributed by atoms with Crippen LogP contribution in [0.1, 0.15) is 24.6 Å². The smallest absolute Gasteiger partial charge is 0.123 e. The number of rotatable bonds is 6. The molecule has 1 aliphatic rings. The van der Waals surface area contributed by atoms with Gasteiger partial charge in [-0.2, -0.15) is 0 Å².